The summed E-state index contributed by atoms with van der Waals surface area (Å²) in [6.07, 6.45) is 3.51. The number of ether oxygens (including phenoxy) is 2. The molecule has 6 heteroatoms. The van der Waals surface area contributed by atoms with Crippen molar-refractivity contribution in [2.24, 2.45) is 10.9 Å². The molecule has 0 unspecified atom stereocenters. The lowest BCUT2D eigenvalue weighted by molar-refractivity contribution is 0.0625. The van der Waals surface area contributed by atoms with Crippen molar-refractivity contribution in [1.29, 1.82) is 0 Å². The highest BCUT2D eigenvalue weighted by Crippen LogP contribution is 2.23. The third kappa shape index (κ3) is 6.40. The maximum absolute atomic E-state index is 6.07. The summed E-state index contributed by atoms with van der Waals surface area (Å²) >= 11 is 6.07. The Morgan fingerprint density at radius 2 is 2.16 bits per heavy atom. The number of nitrogens with one attached hydrogen (secondary N) is 1. The second-order valence-corrected chi connectivity index (χ2v) is 6.79. The molecule has 0 spiro atoms. The molecule has 0 saturated carbocycles. The summed E-state index contributed by atoms with van der Waals surface area (Å²) in [6.45, 7) is 6.04. The Labute approximate surface area is 156 Å². The van der Waals surface area contributed by atoms with Gasteiger partial charge >= 0.3 is 0 Å². The fourth-order valence-corrected chi connectivity index (χ4v) is 3.20. The number of rotatable bonds is 7. The summed E-state index contributed by atoms with van der Waals surface area (Å²) in [5.74, 6) is 2.47. The SMILES string of the molecule is CCOc1cc(Cl)ccc1CNC(=NC)N(C)CCC1CCOCC1. The fraction of sp³-hybridized carbons (Fsp3) is 0.632. The number of benzene rings is 1. The number of hydrogen-bond donors (Lipinski definition) is 1. The quantitative estimate of drug-likeness (QED) is 0.591. The highest BCUT2D eigenvalue weighted by atomic mass is 35.5. The number of halogens is 1. The van der Waals surface area contributed by atoms with E-state index in [1.807, 2.05) is 32.2 Å². The largest absolute Gasteiger partial charge is 0.493 e. The van der Waals surface area contributed by atoms with Gasteiger partial charge in [-0.05, 0) is 44.2 Å². The van der Waals surface area contributed by atoms with E-state index in [0.717, 1.165) is 42.9 Å². The Hall–Kier alpha value is -1.46. The molecule has 0 aliphatic carbocycles. The van der Waals surface area contributed by atoms with E-state index in [9.17, 15) is 0 Å². The summed E-state index contributed by atoms with van der Waals surface area (Å²) in [5, 5.41) is 4.10. The van der Waals surface area contributed by atoms with Gasteiger partial charge in [-0.1, -0.05) is 17.7 Å². The molecule has 1 heterocycles. The van der Waals surface area contributed by atoms with Crippen LogP contribution in [0.2, 0.25) is 5.02 Å². The summed E-state index contributed by atoms with van der Waals surface area (Å²) in [4.78, 5) is 6.59. The molecule has 5 nitrogen and oxygen atoms in total. The van der Waals surface area contributed by atoms with Gasteiger partial charge in [0.1, 0.15) is 5.75 Å². The average molecular weight is 368 g/mol. The highest BCUT2D eigenvalue weighted by Gasteiger charge is 2.15. The van der Waals surface area contributed by atoms with Crippen LogP contribution in [-0.4, -0.2) is 51.3 Å². The Morgan fingerprint density at radius 1 is 1.40 bits per heavy atom. The molecule has 1 aliphatic heterocycles. The normalized spacial score (nSPS) is 15.9. The van der Waals surface area contributed by atoms with Gasteiger partial charge in [-0.2, -0.15) is 0 Å². The van der Waals surface area contributed by atoms with Crippen molar-refractivity contribution >= 4 is 17.6 Å². The minimum absolute atomic E-state index is 0.618. The molecule has 0 aromatic heterocycles. The second-order valence-electron chi connectivity index (χ2n) is 6.35. The van der Waals surface area contributed by atoms with Gasteiger partial charge in [-0.15, -0.1) is 0 Å². The summed E-state index contributed by atoms with van der Waals surface area (Å²) < 4.78 is 11.1. The van der Waals surface area contributed by atoms with Crippen LogP contribution < -0.4 is 10.1 Å². The molecule has 1 saturated heterocycles. The lowest BCUT2D eigenvalue weighted by Gasteiger charge is -2.27. The molecule has 0 atom stereocenters. The molecule has 1 aromatic rings. The van der Waals surface area contributed by atoms with E-state index in [4.69, 9.17) is 21.1 Å². The van der Waals surface area contributed by atoms with E-state index in [0.29, 0.717) is 18.2 Å². The number of nitrogens with zero attached hydrogens (tertiary/aromatic N) is 2. The van der Waals surface area contributed by atoms with Crippen molar-refractivity contribution < 1.29 is 9.47 Å². The first-order chi connectivity index (χ1) is 12.1. The maximum atomic E-state index is 6.07. The molecule has 140 valence electrons. The van der Waals surface area contributed by atoms with Gasteiger partial charge in [0.15, 0.2) is 5.96 Å². The summed E-state index contributed by atoms with van der Waals surface area (Å²) in [6, 6.07) is 5.74. The van der Waals surface area contributed by atoms with Crippen molar-refractivity contribution in [3.8, 4) is 5.75 Å². The highest BCUT2D eigenvalue weighted by molar-refractivity contribution is 6.30. The topological polar surface area (TPSA) is 46.1 Å². The predicted octanol–water partition coefficient (Wildman–Crippen LogP) is 3.56. The zero-order valence-electron chi connectivity index (χ0n) is 15.6. The maximum Gasteiger partial charge on any atom is 0.193 e. The van der Waals surface area contributed by atoms with E-state index in [2.05, 4.69) is 22.3 Å². The van der Waals surface area contributed by atoms with Crippen molar-refractivity contribution in [2.45, 2.75) is 32.7 Å². The zero-order chi connectivity index (χ0) is 18.1. The number of aliphatic imine (C=N–C) groups is 1. The van der Waals surface area contributed by atoms with Gasteiger partial charge in [0.05, 0.1) is 6.61 Å². The lowest BCUT2D eigenvalue weighted by Crippen LogP contribution is -2.39. The van der Waals surface area contributed by atoms with Gasteiger partial charge in [-0.3, -0.25) is 4.99 Å². The average Bonchev–Trinajstić information content (AvgIpc) is 2.63. The Kier molecular flexibility index (Phi) is 8.35. The van der Waals surface area contributed by atoms with Gasteiger partial charge in [0, 0.05) is 51.0 Å². The van der Waals surface area contributed by atoms with Gasteiger partial charge in [0.2, 0.25) is 0 Å². The Balaban J connectivity index is 1.86. The molecule has 0 amide bonds. The van der Waals surface area contributed by atoms with Crippen LogP contribution in [0.5, 0.6) is 5.75 Å². The third-order valence-electron chi connectivity index (χ3n) is 4.55. The molecule has 1 fully saturated rings. The first kappa shape index (κ1) is 19.9. The molecule has 1 aromatic carbocycles. The van der Waals surface area contributed by atoms with Crippen LogP contribution in [0.25, 0.3) is 0 Å². The smallest absolute Gasteiger partial charge is 0.193 e. The molecular weight excluding hydrogens is 338 g/mol. The van der Waals surface area contributed by atoms with Gasteiger partial charge < -0.3 is 19.7 Å². The Bertz CT molecular complexity index is 560. The Morgan fingerprint density at radius 3 is 2.84 bits per heavy atom. The summed E-state index contributed by atoms with van der Waals surface area (Å²) in [5.41, 5.74) is 1.07. The van der Waals surface area contributed by atoms with Gasteiger partial charge in [0.25, 0.3) is 0 Å². The first-order valence-electron chi connectivity index (χ1n) is 9.04. The van der Waals surface area contributed by atoms with Crippen LogP contribution in [0.4, 0.5) is 0 Å². The minimum Gasteiger partial charge on any atom is -0.493 e. The van der Waals surface area contributed by atoms with Crippen molar-refractivity contribution in [2.75, 3.05) is 40.5 Å². The lowest BCUT2D eigenvalue weighted by atomic mass is 9.96. The molecule has 1 N–H and O–H groups in total. The zero-order valence-corrected chi connectivity index (χ0v) is 16.3. The van der Waals surface area contributed by atoms with E-state index in [-0.39, 0.29) is 0 Å². The van der Waals surface area contributed by atoms with E-state index < -0.39 is 0 Å². The second kappa shape index (κ2) is 10.5. The monoisotopic (exact) mass is 367 g/mol. The molecule has 2 rings (SSSR count). The molecule has 1 aliphatic rings. The molecule has 0 radical (unpaired) electrons. The molecule has 25 heavy (non-hydrogen) atoms. The van der Waals surface area contributed by atoms with Gasteiger partial charge in [-0.25, -0.2) is 0 Å². The third-order valence-corrected chi connectivity index (χ3v) is 4.79. The van der Waals surface area contributed by atoms with Crippen LogP contribution in [0.15, 0.2) is 23.2 Å². The minimum atomic E-state index is 0.618. The predicted molar refractivity (Wildman–Crippen MR) is 104 cm³/mol. The van der Waals surface area contributed by atoms with Crippen LogP contribution >= 0.6 is 11.6 Å². The standard InChI is InChI=1S/C19H30ClN3O2/c1-4-25-18-13-17(20)6-5-16(18)14-22-19(21-2)23(3)10-7-15-8-11-24-12-9-15/h5-6,13,15H,4,7-12,14H2,1-3H3,(H,21,22). The van der Waals surface area contributed by atoms with Crippen LogP contribution in [0, 0.1) is 5.92 Å². The van der Waals surface area contributed by atoms with Crippen LogP contribution in [0.3, 0.4) is 0 Å². The number of guanidine groups is 1. The first-order valence-corrected chi connectivity index (χ1v) is 9.42. The van der Waals surface area contributed by atoms with Crippen molar-refractivity contribution in [3.05, 3.63) is 28.8 Å². The number of hydrogen-bond acceptors (Lipinski definition) is 3. The fourth-order valence-electron chi connectivity index (χ4n) is 3.04. The van der Waals surface area contributed by atoms with E-state index in [1.165, 1.54) is 19.3 Å². The van der Waals surface area contributed by atoms with Crippen molar-refractivity contribution in [3.63, 3.8) is 0 Å². The van der Waals surface area contributed by atoms with Crippen molar-refractivity contribution in [1.82, 2.24) is 10.2 Å². The van der Waals surface area contributed by atoms with Crippen LogP contribution in [-0.2, 0) is 11.3 Å². The van der Waals surface area contributed by atoms with E-state index in [1.54, 1.807) is 0 Å². The molecule has 0 bridgehead atoms. The molecular formula is C19H30ClN3O2. The van der Waals surface area contributed by atoms with E-state index >= 15 is 0 Å². The van der Waals surface area contributed by atoms with Crippen LogP contribution in [0.1, 0.15) is 31.7 Å². The summed E-state index contributed by atoms with van der Waals surface area (Å²) in [7, 11) is 3.90.